The number of rotatable bonds is 8. The van der Waals surface area contributed by atoms with E-state index in [4.69, 9.17) is 15.2 Å². The van der Waals surface area contributed by atoms with Crippen molar-refractivity contribution in [2.45, 2.75) is 31.0 Å². The van der Waals surface area contributed by atoms with Gasteiger partial charge in [0.05, 0.1) is 5.69 Å². The van der Waals surface area contributed by atoms with Crippen LogP contribution in [0.2, 0.25) is 0 Å². The summed E-state index contributed by atoms with van der Waals surface area (Å²) in [5.74, 6) is -0.313. The van der Waals surface area contributed by atoms with Gasteiger partial charge in [-0.1, -0.05) is 47.7 Å². The second-order valence-corrected chi connectivity index (χ2v) is 9.21. The van der Waals surface area contributed by atoms with Crippen LogP contribution >= 0.6 is 11.3 Å². The molecule has 4 aromatic rings. The zero-order chi connectivity index (χ0) is 22.1. The smallest absolute Gasteiger partial charge is 0.164 e. The van der Waals surface area contributed by atoms with E-state index in [0.717, 1.165) is 34.4 Å². The first-order valence-corrected chi connectivity index (χ1v) is 11.6. The Morgan fingerprint density at radius 3 is 2.56 bits per heavy atom. The third-order valence-corrected chi connectivity index (χ3v) is 7.00. The van der Waals surface area contributed by atoms with Crippen LogP contribution in [0.1, 0.15) is 29.7 Å². The monoisotopic (exact) mass is 449 g/mol. The largest absolute Gasteiger partial charge is 0.367 e. The highest BCUT2D eigenvalue weighted by Crippen LogP contribution is 2.53. The van der Waals surface area contributed by atoms with E-state index in [9.17, 15) is 4.39 Å². The summed E-state index contributed by atoms with van der Waals surface area (Å²) in [6.45, 7) is 0.625. The molecule has 1 fully saturated rings. The molecule has 0 aliphatic heterocycles. The van der Waals surface area contributed by atoms with Gasteiger partial charge in [0.2, 0.25) is 0 Å². The minimum atomic E-state index is -1.38. The van der Waals surface area contributed by atoms with Crippen molar-refractivity contribution in [1.29, 1.82) is 0 Å². The maximum Gasteiger partial charge on any atom is 0.164 e. The van der Waals surface area contributed by atoms with Crippen molar-refractivity contribution in [3.05, 3.63) is 83.3 Å². The van der Waals surface area contributed by atoms with Gasteiger partial charge in [-0.25, -0.2) is 14.4 Å². The molecular formula is C25H24FN3O2S. The SMILES string of the molecule is OC(O)CNCCc1ccc(-c2nc3ccc(C4(c5ccccc5)CC4)nc3s2)c(F)c1. The molecule has 2 heterocycles. The second-order valence-electron chi connectivity index (χ2n) is 8.24. The van der Waals surface area contributed by atoms with Crippen LogP contribution in [0.3, 0.4) is 0 Å². The molecule has 164 valence electrons. The average molecular weight is 450 g/mol. The Bertz CT molecular complexity index is 1240. The Morgan fingerprint density at radius 2 is 1.84 bits per heavy atom. The van der Waals surface area contributed by atoms with E-state index in [0.29, 0.717) is 23.5 Å². The lowest BCUT2D eigenvalue weighted by atomic mass is 9.92. The molecule has 0 radical (unpaired) electrons. The van der Waals surface area contributed by atoms with Crippen LogP contribution in [0.4, 0.5) is 4.39 Å². The molecule has 1 aliphatic rings. The van der Waals surface area contributed by atoms with E-state index < -0.39 is 6.29 Å². The zero-order valence-electron chi connectivity index (χ0n) is 17.5. The molecule has 1 aliphatic carbocycles. The van der Waals surface area contributed by atoms with E-state index in [1.165, 1.54) is 23.0 Å². The predicted octanol–water partition coefficient (Wildman–Crippen LogP) is 4.02. The van der Waals surface area contributed by atoms with Crippen molar-refractivity contribution in [3.8, 4) is 10.6 Å². The molecule has 0 atom stereocenters. The molecule has 0 spiro atoms. The number of aliphatic hydroxyl groups excluding tert-OH is 1. The summed E-state index contributed by atoms with van der Waals surface area (Å²) in [5, 5.41) is 21.3. The quantitative estimate of drug-likeness (QED) is 0.280. The van der Waals surface area contributed by atoms with Gasteiger partial charge in [-0.05, 0) is 61.2 Å². The number of fused-ring (bicyclic) bond motifs is 1. The van der Waals surface area contributed by atoms with Crippen LogP contribution in [0.15, 0.2) is 60.7 Å². The molecule has 5 rings (SSSR count). The zero-order valence-corrected chi connectivity index (χ0v) is 18.3. The van der Waals surface area contributed by atoms with Crippen molar-refractivity contribution >= 4 is 21.7 Å². The van der Waals surface area contributed by atoms with Gasteiger partial charge in [0.1, 0.15) is 21.2 Å². The van der Waals surface area contributed by atoms with Gasteiger partial charge in [0, 0.05) is 17.5 Å². The Kier molecular flexibility index (Phi) is 5.73. The van der Waals surface area contributed by atoms with Gasteiger partial charge in [0.25, 0.3) is 0 Å². The normalized spacial score (nSPS) is 14.9. The molecular weight excluding hydrogens is 425 g/mol. The topological polar surface area (TPSA) is 78.3 Å². The first-order valence-electron chi connectivity index (χ1n) is 10.7. The van der Waals surface area contributed by atoms with E-state index >= 15 is 0 Å². The molecule has 0 bridgehead atoms. The van der Waals surface area contributed by atoms with Crippen molar-refractivity contribution in [2.75, 3.05) is 13.1 Å². The molecule has 32 heavy (non-hydrogen) atoms. The maximum absolute atomic E-state index is 14.8. The lowest BCUT2D eigenvalue weighted by Gasteiger charge is -2.14. The van der Waals surface area contributed by atoms with Crippen molar-refractivity contribution in [1.82, 2.24) is 15.3 Å². The summed E-state index contributed by atoms with van der Waals surface area (Å²) in [6.07, 6.45) is 1.38. The van der Waals surface area contributed by atoms with E-state index in [2.05, 4.69) is 40.6 Å². The van der Waals surface area contributed by atoms with Crippen LogP contribution in [-0.4, -0.2) is 39.6 Å². The summed E-state index contributed by atoms with van der Waals surface area (Å²) in [6, 6.07) is 19.7. The van der Waals surface area contributed by atoms with Crippen LogP contribution in [0, 0.1) is 5.82 Å². The van der Waals surface area contributed by atoms with Crippen LogP contribution in [-0.2, 0) is 11.8 Å². The van der Waals surface area contributed by atoms with Crippen LogP contribution < -0.4 is 5.32 Å². The number of aliphatic hydroxyl groups is 2. The Morgan fingerprint density at radius 1 is 1.03 bits per heavy atom. The number of hydrogen-bond acceptors (Lipinski definition) is 6. The van der Waals surface area contributed by atoms with E-state index in [-0.39, 0.29) is 17.8 Å². The number of aromatic nitrogens is 2. The molecule has 3 N–H and O–H groups in total. The minimum absolute atomic E-state index is 0.00733. The van der Waals surface area contributed by atoms with Crippen molar-refractivity contribution < 1.29 is 14.6 Å². The molecule has 2 aromatic heterocycles. The molecule has 0 unspecified atom stereocenters. The van der Waals surface area contributed by atoms with Crippen LogP contribution in [0.5, 0.6) is 0 Å². The highest BCUT2D eigenvalue weighted by Gasteiger charge is 2.47. The fourth-order valence-corrected chi connectivity index (χ4v) is 5.09. The third-order valence-electron chi connectivity index (χ3n) is 6.00. The number of pyridine rings is 1. The first kappa shape index (κ1) is 21.2. The Hall–Kier alpha value is -2.71. The summed E-state index contributed by atoms with van der Waals surface area (Å²) < 4.78 is 14.8. The Balaban J connectivity index is 1.38. The minimum Gasteiger partial charge on any atom is -0.367 e. The molecule has 7 heteroatoms. The lowest BCUT2D eigenvalue weighted by molar-refractivity contribution is -0.0369. The molecule has 2 aromatic carbocycles. The van der Waals surface area contributed by atoms with Gasteiger partial charge in [0.15, 0.2) is 6.29 Å². The van der Waals surface area contributed by atoms with Gasteiger partial charge < -0.3 is 15.5 Å². The van der Waals surface area contributed by atoms with Gasteiger partial charge in [-0.2, -0.15) is 0 Å². The van der Waals surface area contributed by atoms with E-state index in [1.807, 2.05) is 18.2 Å². The lowest BCUT2D eigenvalue weighted by Crippen LogP contribution is -2.27. The highest BCUT2D eigenvalue weighted by atomic mass is 32.1. The Labute approximate surface area is 189 Å². The summed E-state index contributed by atoms with van der Waals surface area (Å²) >= 11 is 1.42. The average Bonchev–Trinajstić information content (AvgIpc) is 3.50. The molecule has 0 saturated heterocycles. The first-order chi connectivity index (χ1) is 15.5. The van der Waals surface area contributed by atoms with Gasteiger partial charge in [-0.15, -0.1) is 0 Å². The number of benzene rings is 2. The number of nitrogens with zero attached hydrogens (tertiary/aromatic N) is 2. The fraction of sp³-hybridized carbons (Fsp3) is 0.280. The molecule has 0 amide bonds. The third kappa shape index (κ3) is 4.17. The molecule has 5 nitrogen and oxygen atoms in total. The number of nitrogens with one attached hydrogen (secondary N) is 1. The fourth-order valence-electron chi connectivity index (χ4n) is 4.13. The number of halogens is 1. The maximum atomic E-state index is 14.8. The van der Waals surface area contributed by atoms with Gasteiger partial charge in [-0.3, -0.25) is 0 Å². The summed E-state index contributed by atoms with van der Waals surface area (Å²) in [7, 11) is 0. The van der Waals surface area contributed by atoms with Crippen molar-refractivity contribution in [3.63, 3.8) is 0 Å². The number of thiazole rings is 1. The van der Waals surface area contributed by atoms with Crippen LogP contribution in [0.25, 0.3) is 20.9 Å². The van der Waals surface area contributed by atoms with Gasteiger partial charge >= 0.3 is 0 Å². The number of hydrogen-bond donors (Lipinski definition) is 3. The highest BCUT2D eigenvalue weighted by molar-refractivity contribution is 7.21. The molecule has 1 saturated carbocycles. The summed E-state index contributed by atoms with van der Waals surface area (Å²) in [4.78, 5) is 10.4. The predicted molar refractivity (Wildman–Crippen MR) is 124 cm³/mol. The van der Waals surface area contributed by atoms with E-state index in [1.54, 1.807) is 6.07 Å². The summed E-state index contributed by atoms with van der Waals surface area (Å²) in [5.41, 5.74) is 4.44. The van der Waals surface area contributed by atoms with Crippen molar-refractivity contribution in [2.24, 2.45) is 0 Å². The standard InChI is InChI=1S/C25H24FN3O2S/c26-19-14-16(10-13-27-15-22(30)31)6-7-18(19)23-28-20-8-9-21(29-24(20)32-23)25(11-12-25)17-4-2-1-3-5-17/h1-9,14,22,27,30-31H,10-13,15H2. The second kappa shape index (κ2) is 8.67.